The van der Waals surface area contributed by atoms with Gasteiger partial charge in [-0.3, -0.25) is 0 Å². The molecule has 0 aromatic heterocycles. The molecular weight excluding hydrogens is 296 g/mol. The highest BCUT2D eigenvalue weighted by Crippen LogP contribution is 2.34. The lowest BCUT2D eigenvalue weighted by atomic mass is 9.99. The molecule has 0 aliphatic carbocycles. The normalized spacial score (nSPS) is 17.5. The lowest BCUT2D eigenvalue weighted by Crippen LogP contribution is -2.34. The molecule has 1 N–H and O–H groups in total. The number of carbonyl (C=O) groups excluding carboxylic acids is 1. The number of rotatable bonds is 2. The molecule has 3 nitrogen and oxygen atoms in total. The fourth-order valence-electron chi connectivity index (χ4n) is 3.06. The van der Waals surface area contributed by atoms with Crippen LogP contribution >= 0.6 is 11.6 Å². The van der Waals surface area contributed by atoms with Crippen LogP contribution in [0, 0.1) is 6.92 Å². The lowest BCUT2D eigenvalue weighted by Gasteiger charge is -2.26. The Morgan fingerprint density at radius 1 is 1.23 bits per heavy atom. The molecule has 1 aliphatic heterocycles. The molecule has 0 bridgehead atoms. The van der Waals surface area contributed by atoms with Crippen molar-refractivity contribution in [2.24, 2.45) is 0 Å². The Balaban J connectivity index is 1.78. The van der Waals surface area contributed by atoms with Gasteiger partial charge in [-0.15, -0.1) is 0 Å². The van der Waals surface area contributed by atoms with Gasteiger partial charge < -0.3 is 10.2 Å². The van der Waals surface area contributed by atoms with Crippen molar-refractivity contribution in [1.29, 1.82) is 0 Å². The van der Waals surface area contributed by atoms with Crippen molar-refractivity contribution >= 4 is 23.3 Å². The molecule has 0 spiro atoms. The Labute approximate surface area is 135 Å². The summed E-state index contributed by atoms with van der Waals surface area (Å²) in [5.41, 5.74) is 3.20. The standard InChI is InChI=1S/C18H19ClN2O/c1-13-6-2-3-9-16(13)17-10-5-11-21(17)18(22)20-15-8-4-7-14(19)12-15/h2-4,6-9,12,17H,5,10-11H2,1H3,(H,20,22). The Bertz CT molecular complexity index is 686. The summed E-state index contributed by atoms with van der Waals surface area (Å²) in [6.07, 6.45) is 2.04. The quantitative estimate of drug-likeness (QED) is 0.829. The predicted octanol–water partition coefficient (Wildman–Crippen LogP) is 5.02. The van der Waals surface area contributed by atoms with Crippen molar-refractivity contribution < 1.29 is 4.79 Å². The molecule has 2 aromatic carbocycles. The van der Waals surface area contributed by atoms with E-state index in [9.17, 15) is 4.79 Å². The fourth-order valence-corrected chi connectivity index (χ4v) is 3.25. The summed E-state index contributed by atoms with van der Waals surface area (Å²) in [7, 11) is 0. The minimum Gasteiger partial charge on any atom is -0.317 e. The van der Waals surface area contributed by atoms with Crippen LogP contribution in [-0.2, 0) is 0 Å². The number of urea groups is 1. The summed E-state index contributed by atoms with van der Waals surface area (Å²) < 4.78 is 0. The van der Waals surface area contributed by atoms with Crippen LogP contribution in [-0.4, -0.2) is 17.5 Å². The van der Waals surface area contributed by atoms with Gasteiger partial charge in [-0.1, -0.05) is 41.9 Å². The second-order valence-corrected chi connectivity index (χ2v) is 6.08. The number of halogens is 1. The number of benzene rings is 2. The maximum absolute atomic E-state index is 12.6. The average Bonchev–Trinajstić information content (AvgIpc) is 2.97. The minimum absolute atomic E-state index is 0.0620. The van der Waals surface area contributed by atoms with E-state index in [2.05, 4.69) is 24.4 Å². The summed E-state index contributed by atoms with van der Waals surface area (Å²) in [6.45, 7) is 2.88. The number of anilines is 1. The highest BCUT2D eigenvalue weighted by atomic mass is 35.5. The number of amides is 2. The Morgan fingerprint density at radius 3 is 2.82 bits per heavy atom. The van der Waals surface area contributed by atoms with Gasteiger partial charge in [0.2, 0.25) is 0 Å². The van der Waals surface area contributed by atoms with E-state index in [0.717, 1.165) is 25.1 Å². The lowest BCUT2D eigenvalue weighted by molar-refractivity contribution is 0.207. The summed E-state index contributed by atoms with van der Waals surface area (Å²) >= 11 is 5.97. The van der Waals surface area contributed by atoms with Crippen LogP contribution in [0.25, 0.3) is 0 Å². The highest BCUT2D eigenvalue weighted by molar-refractivity contribution is 6.30. The number of carbonyl (C=O) groups is 1. The van der Waals surface area contributed by atoms with Crippen molar-refractivity contribution in [3.8, 4) is 0 Å². The third-order valence-electron chi connectivity index (χ3n) is 4.14. The van der Waals surface area contributed by atoms with Crippen LogP contribution in [0.2, 0.25) is 5.02 Å². The van der Waals surface area contributed by atoms with Gasteiger partial charge in [0.25, 0.3) is 0 Å². The number of likely N-dealkylation sites (tertiary alicyclic amines) is 1. The van der Waals surface area contributed by atoms with E-state index in [0.29, 0.717) is 5.02 Å². The van der Waals surface area contributed by atoms with Gasteiger partial charge >= 0.3 is 6.03 Å². The maximum atomic E-state index is 12.6. The van der Waals surface area contributed by atoms with Crippen LogP contribution in [0.1, 0.15) is 30.0 Å². The zero-order valence-corrected chi connectivity index (χ0v) is 13.3. The van der Waals surface area contributed by atoms with Crippen molar-refractivity contribution in [3.63, 3.8) is 0 Å². The largest absolute Gasteiger partial charge is 0.322 e. The third-order valence-corrected chi connectivity index (χ3v) is 4.37. The molecule has 1 fully saturated rings. The van der Waals surface area contributed by atoms with Crippen molar-refractivity contribution in [3.05, 3.63) is 64.7 Å². The molecule has 0 radical (unpaired) electrons. The van der Waals surface area contributed by atoms with Crippen LogP contribution in [0.4, 0.5) is 10.5 Å². The second-order valence-electron chi connectivity index (χ2n) is 5.65. The van der Waals surface area contributed by atoms with Crippen LogP contribution in [0.5, 0.6) is 0 Å². The summed E-state index contributed by atoms with van der Waals surface area (Å²) in [5, 5.41) is 3.57. The minimum atomic E-state index is -0.0620. The maximum Gasteiger partial charge on any atom is 0.322 e. The van der Waals surface area contributed by atoms with E-state index in [4.69, 9.17) is 11.6 Å². The van der Waals surface area contributed by atoms with Crippen molar-refractivity contribution in [1.82, 2.24) is 4.90 Å². The third kappa shape index (κ3) is 3.09. The van der Waals surface area contributed by atoms with E-state index in [1.54, 1.807) is 12.1 Å². The van der Waals surface area contributed by atoms with E-state index in [-0.39, 0.29) is 12.1 Å². The van der Waals surface area contributed by atoms with Gasteiger partial charge in [-0.25, -0.2) is 4.79 Å². The number of nitrogens with one attached hydrogen (secondary N) is 1. The topological polar surface area (TPSA) is 32.3 Å². The van der Waals surface area contributed by atoms with Gasteiger partial charge in [0.15, 0.2) is 0 Å². The van der Waals surface area contributed by atoms with Crippen LogP contribution in [0.3, 0.4) is 0 Å². The summed E-state index contributed by atoms with van der Waals surface area (Å²) in [6, 6.07) is 15.6. The van der Waals surface area contributed by atoms with Crippen molar-refractivity contribution in [2.45, 2.75) is 25.8 Å². The Hall–Kier alpha value is -2.00. The molecule has 3 rings (SSSR count). The van der Waals surface area contributed by atoms with Gasteiger partial charge in [0, 0.05) is 17.3 Å². The van der Waals surface area contributed by atoms with Gasteiger partial charge in [0.1, 0.15) is 0 Å². The molecule has 4 heteroatoms. The van der Waals surface area contributed by atoms with Gasteiger partial charge in [0.05, 0.1) is 6.04 Å². The van der Waals surface area contributed by atoms with E-state index in [1.165, 1.54) is 11.1 Å². The highest BCUT2D eigenvalue weighted by Gasteiger charge is 2.30. The average molecular weight is 315 g/mol. The molecule has 1 atom stereocenters. The summed E-state index contributed by atoms with van der Waals surface area (Å²) in [4.78, 5) is 14.5. The van der Waals surface area contributed by atoms with Gasteiger partial charge in [-0.05, 0) is 49.1 Å². The Morgan fingerprint density at radius 2 is 2.05 bits per heavy atom. The zero-order valence-electron chi connectivity index (χ0n) is 12.6. The van der Waals surface area contributed by atoms with Crippen molar-refractivity contribution in [2.75, 3.05) is 11.9 Å². The zero-order chi connectivity index (χ0) is 15.5. The van der Waals surface area contributed by atoms with E-state index >= 15 is 0 Å². The molecule has 1 aliphatic rings. The number of hydrogen-bond donors (Lipinski definition) is 1. The predicted molar refractivity (Wildman–Crippen MR) is 90.3 cm³/mol. The SMILES string of the molecule is Cc1ccccc1C1CCCN1C(=O)Nc1cccc(Cl)c1. The number of aryl methyl sites for hydroxylation is 1. The first-order valence-electron chi connectivity index (χ1n) is 7.54. The van der Waals surface area contributed by atoms with Crippen LogP contribution in [0.15, 0.2) is 48.5 Å². The molecule has 1 heterocycles. The molecule has 0 saturated carbocycles. The fraction of sp³-hybridized carbons (Fsp3) is 0.278. The first-order chi connectivity index (χ1) is 10.6. The number of nitrogens with zero attached hydrogens (tertiary/aromatic N) is 1. The smallest absolute Gasteiger partial charge is 0.317 e. The molecule has 2 amide bonds. The number of hydrogen-bond acceptors (Lipinski definition) is 1. The molecule has 114 valence electrons. The second kappa shape index (κ2) is 6.41. The molecule has 1 saturated heterocycles. The Kier molecular flexibility index (Phi) is 4.34. The van der Waals surface area contributed by atoms with E-state index < -0.39 is 0 Å². The first kappa shape index (κ1) is 14.9. The van der Waals surface area contributed by atoms with E-state index in [1.807, 2.05) is 29.2 Å². The van der Waals surface area contributed by atoms with Gasteiger partial charge in [-0.2, -0.15) is 0 Å². The monoisotopic (exact) mass is 314 g/mol. The molecule has 2 aromatic rings. The van der Waals surface area contributed by atoms with Crippen LogP contribution < -0.4 is 5.32 Å². The molecule has 22 heavy (non-hydrogen) atoms. The molecular formula is C18H19ClN2O. The molecule has 1 unspecified atom stereocenters. The first-order valence-corrected chi connectivity index (χ1v) is 7.91. The summed E-state index contributed by atoms with van der Waals surface area (Å²) in [5.74, 6) is 0.